The fraction of sp³-hybridized carbons (Fsp3) is 0.545. The van der Waals surface area contributed by atoms with Crippen LogP contribution in [0.4, 0.5) is 0 Å². The van der Waals surface area contributed by atoms with Crippen LogP contribution in [0.2, 0.25) is 0 Å². The van der Waals surface area contributed by atoms with Gasteiger partial charge in [-0.15, -0.1) is 0 Å². The van der Waals surface area contributed by atoms with E-state index in [2.05, 4.69) is 24.9 Å². The lowest BCUT2D eigenvalue weighted by Crippen LogP contribution is -2.01. The highest BCUT2D eigenvalue weighted by atomic mass is 14.6. The first-order valence-electron chi connectivity index (χ1n) is 4.75. The van der Waals surface area contributed by atoms with Crippen LogP contribution >= 0.6 is 0 Å². The van der Waals surface area contributed by atoms with Crippen LogP contribution in [0.15, 0.2) is 18.5 Å². The van der Waals surface area contributed by atoms with Crippen LogP contribution in [0.5, 0.6) is 0 Å². The molecule has 1 aliphatic carbocycles. The Hall–Kier alpha value is -0.850. The van der Waals surface area contributed by atoms with Crippen molar-refractivity contribution in [1.29, 1.82) is 0 Å². The topological polar surface area (TPSA) is 12.9 Å². The first kappa shape index (κ1) is 7.78. The van der Waals surface area contributed by atoms with Gasteiger partial charge in [-0.3, -0.25) is 4.98 Å². The van der Waals surface area contributed by atoms with Crippen molar-refractivity contribution in [2.75, 3.05) is 0 Å². The van der Waals surface area contributed by atoms with Crippen molar-refractivity contribution in [2.45, 2.75) is 32.6 Å². The number of hydrogen-bond acceptors (Lipinski definition) is 1. The summed E-state index contributed by atoms with van der Waals surface area (Å²) in [6.07, 6.45) is 6.49. The van der Waals surface area contributed by atoms with Crippen molar-refractivity contribution < 1.29 is 0 Å². The third-order valence-electron chi connectivity index (χ3n) is 3.15. The predicted octanol–water partition coefficient (Wildman–Crippen LogP) is 2.77. The zero-order chi connectivity index (χ0) is 8.55. The average Bonchev–Trinajstić information content (AvgIpc) is 2.44. The summed E-state index contributed by atoms with van der Waals surface area (Å²) in [5.41, 5.74) is 2.99. The van der Waals surface area contributed by atoms with Crippen molar-refractivity contribution in [1.82, 2.24) is 4.98 Å². The highest BCUT2D eigenvalue weighted by Crippen LogP contribution is 2.38. The third kappa shape index (κ3) is 1.04. The van der Waals surface area contributed by atoms with Crippen LogP contribution in [0.25, 0.3) is 0 Å². The molecule has 0 saturated carbocycles. The van der Waals surface area contributed by atoms with E-state index in [0.29, 0.717) is 0 Å². The molecule has 2 unspecified atom stereocenters. The van der Waals surface area contributed by atoms with E-state index in [-0.39, 0.29) is 0 Å². The Balaban J connectivity index is 2.35. The fourth-order valence-corrected chi connectivity index (χ4v) is 2.24. The second kappa shape index (κ2) is 2.89. The van der Waals surface area contributed by atoms with Gasteiger partial charge in [-0.1, -0.05) is 20.3 Å². The molecule has 2 rings (SSSR count). The minimum absolute atomic E-state index is 0.721. The maximum atomic E-state index is 4.18. The van der Waals surface area contributed by atoms with Gasteiger partial charge in [-0.05, 0) is 35.4 Å². The summed E-state index contributed by atoms with van der Waals surface area (Å²) >= 11 is 0. The lowest BCUT2D eigenvalue weighted by atomic mass is 9.93. The first-order chi connectivity index (χ1) is 5.83. The first-order valence-corrected chi connectivity index (χ1v) is 4.75. The van der Waals surface area contributed by atoms with Gasteiger partial charge < -0.3 is 0 Å². The Kier molecular flexibility index (Phi) is 1.87. The average molecular weight is 161 g/mol. The highest BCUT2D eigenvalue weighted by Gasteiger charge is 2.27. The molecule has 1 aliphatic rings. The van der Waals surface area contributed by atoms with E-state index in [9.17, 15) is 0 Å². The van der Waals surface area contributed by atoms with Crippen molar-refractivity contribution in [2.24, 2.45) is 5.92 Å². The predicted molar refractivity (Wildman–Crippen MR) is 50.1 cm³/mol. The molecule has 2 atom stereocenters. The summed E-state index contributed by atoms with van der Waals surface area (Å²) in [4.78, 5) is 4.18. The van der Waals surface area contributed by atoms with Crippen molar-refractivity contribution >= 4 is 0 Å². The molecular formula is C11H15N. The minimum atomic E-state index is 0.721. The number of hydrogen-bond donors (Lipinski definition) is 0. The van der Waals surface area contributed by atoms with Crippen LogP contribution in [-0.2, 0) is 6.42 Å². The minimum Gasteiger partial charge on any atom is -0.264 e. The molecule has 1 heterocycles. The SMILES string of the molecule is CCC1Cc2ccncc2C1C. The summed E-state index contributed by atoms with van der Waals surface area (Å²) in [5.74, 6) is 1.57. The van der Waals surface area contributed by atoms with E-state index in [1.54, 1.807) is 0 Å². The molecule has 0 N–H and O–H groups in total. The molecule has 1 heteroatoms. The molecule has 1 aromatic heterocycles. The van der Waals surface area contributed by atoms with Crippen molar-refractivity contribution in [3.8, 4) is 0 Å². The molecule has 64 valence electrons. The van der Waals surface area contributed by atoms with Crippen molar-refractivity contribution in [3.05, 3.63) is 29.6 Å². The van der Waals surface area contributed by atoms with Gasteiger partial charge in [-0.25, -0.2) is 0 Å². The van der Waals surface area contributed by atoms with E-state index in [1.165, 1.54) is 24.0 Å². The van der Waals surface area contributed by atoms with Crippen LogP contribution in [0, 0.1) is 5.92 Å². The van der Waals surface area contributed by atoms with E-state index >= 15 is 0 Å². The third-order valence-corrected chi connectivity index (χ3v) is 3.15. The zero-order valence-corrected chi connectivity index (χ0v) is 7.75. The summed E-state index contributed by atoms with van der Waals surface area (Å²) in [7, 11) is 0. The highest BCUT2D eigenvalue weighted by molar-refractivity contribution is 5.32. The Labute approximate surface area is 73.8 Å². The van der Waals surface area contributed by atoms with Crippen LogP contribution < -0.4 is 0 Å². The molecule has 0 aromatic carbocycles. The normalized spacial score (nSPS) is 27.2. The molecule has 0 bridgehead atoms. The largest absolute Gasteiger partial charge is 0.264 e. The summed E-state index contributed by atoms with van der Waals surface area (Å²) < 4.78 is 0. The second-order valence-corrected chi connectivity index (χ2v) is 3.74. The number of fused-ring (bicyclic) bond motifs is 1. The molecule has 0 aliphatic heterocycles. The van der Waals surface area contributed by atoms with E-state index < -0.39 is 0 Å². The maximum absolute atomic E-state index is 4.18. The van der Waals surface area contributed by atoms with Gasteiger partial charge in [0.25, 0.3) is 0 Å². The van der Waals surface area contributed by atoms with Gasteiger partial charge in [-0.2, -0.15) is 0 Å². The summed E-state index contributed by atoms with van der Waals surface area (Å²) in [6, 6.07) is 2.17. The molecule has 0 saturated heterocycles. The van der Waals surface area contributed by atoms with Gasteiger partial charge in [0, 0.05) is 12.4 Å². The van der Waals surface area contributed by atoms with Gasteiger partial charge in [0.15, 0.2) is 0 Å². The Morgan fingerprint density at radius 2 is 2.42 bits per heavy atom. The molecule has 1 nitrogen and oxygen atoms in total. The number of nitrogens with zero attached hydrogens (tertiary/aromatic N) is 1. The lowest BCUT2D eigenvalue weighted by Gasteiger charge is -2.12. The number of rotatable bonds is 1. The van der Waals surface area contributed by atoms with Gasteiger partial charge >= 0.3 is 0 Å². The molecule has 0 radical (unpaired) electrons. The Morgan fingerprint density at radius 1 is 1.58 bits per heavy atom. The van der Waals surface area contributed by atoms with Gasteiger partial charge in [0.05, 0.1) is 0 Å². The number of aromatic nitrogens is 1. The fourth-order valence-electron chi connectivity index (χ4n) is 2.24. The summed E-state index contributed by atoms with van der Waals surface area (Å²) in [5, 5.41) is 0. The number of pyridine rings is 1. The van der Waals surface area contributed by atoms with E-state index in [0.717, 1.165) is 11.8 Å². The van der Waals surface area contributed by atoms with Crippen LogP contribution in [-0.4, -0.2) is 4.98 Å². The van der Waals surface area contributed by atoms with E-state index in [4.69, 9.17) is 0 Å². The second-order valence-electron chi connectivity index (χ2n) is 3.74. The smallest absolute Gasteiger partial charge is 0.0305 e. The molecule has 0 spiro atoms. The molecule has 0 amide bonds. The monoisotopic (exact) mass is 161 g/mol. The van der Waals surface area contributed by atoms with Crippen LogP contribution in [0.3, 0.4) is 0 Å². The lowest BCUT2D eigenvalue weighted by molar-refractivity contribution is 0.467. The van der Waals surface area contributed by atoms with Gasteiger partial charge in [0.2, 0.25) is 0 Å². The van der Waals surface area contributed by atoms with Crippen molar-refractivity contribution in [3.63, 3.8) is 0 Å². The molecular weight excluding hydrogens is 146 g/mol. The van der Waals surface area contributed by atoms with Crippen LogP contribution in [0.1, 0.15) is 37.3 Å². The molecule has 0 fully saturated rings. The maximum Gasteiger partial charge on any atom is 0.0305 e. The summed E-state index contributed by atoms with van der Waals surface area (Å²) in [6.45, 7) is 4.60. The standard InChI is InChI=1S/C11H15N/c1-3-9-6-10-4-5-12-7-11(10)8(9)2/h4-5,7-9H,3,6H2,1-2H3. The quantitative estimate of drug-likeness (QED) is 0.617. The Morgan fingerprint density at radius 3 is 3.08 bits per heavy atom. The van der Waals surface area contributed by atoms with E-state index in [1.807, 2.05) is 12.4 Å². The molecule has 12 heavy (non-hydrogen) atoms. The molecule has 1 aromatic rings. The zero-order valence-electron chi connectivity index (χ0n) is 7.75. The Bertz CT molecular complexity index is 280. The van der Waals surface area contributed by atoms with Gasteiger partial charge in [0.1, 0.15) is 0 Å².